The van der Waals surface area contributed by atoms with Crippen molar-refractivity contribution in [1.82, 2.24) is 60.5 Å². The van der Waals surface area contributed by atoms with Crippen molar-refractivity contribution in [3.63, 3.8) is 0 Å². The molecule has 0 bridgehead atoms. The number of rotatable bonds is 21. The molecule has 11 amide bonds. The van der Waals surface area contributed by atoms with Crippen molar-refractivity contribution < 1.29 is 67.3 Å². The molecule has 550 valence electrons. The van der Waals surface area contributed by atoms with Crippen molar-refractivity contribution in [2.75, 3.05) is 94.5 Å². The summed E-state index contributed by atoms with van der Waals surface area (Å²) in [7, 11) is 9.98. The van der Waals surface area contributed by atoms with Gasteiger partial charge in [0, 0.05) is 62.4 Å². The highest BCUT2D eigenvalue weighted by atomic mass is 32.2. The van der Waals surface area contributed by atoms with Crippen LogP contribution in [0.5, 0.6) is 0 Å². The van der Waals surface area contributed by atoms with Gasteiger partial charge >= 0.3 is 0 Å². The largest absolute Gasteiger partial charge is 0.390 e. The van der Waals surface area contributed by atoms with Crippen LogP contribution in [0.4, 0.5) is 0 Å². The van der Waals surface area contributed by atoms with E-state index >= 15 is 28.8 Å². The first-order valence-corrected chi connectivity index (χ1v) is 35.7. The second kappa shape index (κ2) is 40.9. The highest BCUT2D eigenvalue weighted by molar-refractivity contribution is 8.00. The van der Waals surface area contributed by atoms with Crippen molar-refractivity contribution in [2.24, 2.45) is 35.5 Å². The summed E-state index contributed by atoms with van der Waals surface area (Å²) in [6, 6.07) is -12.9. The van der Waals surface area contributed by atoms with Crippen LogP contribution in [0.2, 0.25) is 0 Å². The van der Waals surface area contributed by atoms with E-state index in [-0.39, 0.29) is 50.0 Å². The maximum atomic E-state index is 15.4. The summed E-state index contributed by atoms with van der Waals surface area (Å²) in [5.74, 6) is -9.67. The maximum absolute atomic E-state index is 15.4. The Bertz CT molecular complexity index is 2600. The number of aliphatic hydroxyl groups is 1. The fourth-order valence-electron chi connectivity index (χ4n) is 12.0. The maximum Gasteiger partial charge on any atom is 0.256 e. The zero-order valence-corrected chi connectivity index (χ0v) is 63.4. The highest BCUT2D eigenvalue weighted by Gasteiger charge is 2.46. The molecule has 13 atom stereocenters. The van der Waals surface area contributed by atoms with Crippen molar-refractivity contribution in [3.05, 3.63) is 12.2 Å². The van der Waals surface area contributed by atoms with Crippen LogP contribution in [0.15, 0.2) is 12.2 Å². The molecule has 0 saturated carbocycles. The summed E-state index contributed by atoms with van der Waals surface area (Å²) in [5.41, 5.74) is 0. The number of aliphatic hydroxyl groups excluding tert-OH is 1. The van der Waals surface area contributed by atoms with Gasteiger partial charge in [-0.2, -0.15) is 0 Å². The minimum absolute atomic E-state index is 0.0155. The first-order chi connectivity index (χ1) is 44.7. The molecule has 2 rings (SSSR count). The molecule has 0 unspecified atom stereocenters. The average Bonchev–Trinajstić information content (AvgIpc) is 0.825. The predicted molar refractivity (Wildman–Crippen MR) is 373 cm³/mol. The van der Waals surface area contributed by atoms with Crippen molar-refractivity contribution >= 4 is 76.7 Å². The third-order valence-corrected chi connectivity index (χ3v) is 19.4. The van der Waals surface area contributed by atoms with Crippen LogP contribution in [0.1, 0.15) is 156 Å². The Hall–Kier alpha value is -5.90. The molecule has 0 aliphatic carbocycles. The van der Waals surface area contributed by atoms with E-state index in [1.165, 1.54) is 92.6 Å². The second-order valence-electron chi connectivity index (χ2n) is 28.6. The van der Waals surface area contributed by atoms with Gasteiger partial charge in [0.2, 0.25) is 59.1 Å². The molecule has 27 heteroatoms. The van der Waals surface area contributed by atoms with E-state index in [2.05, 4.69) is 26.2 Å². The zero-order valence-electron chi connectivity index (χ0n) is 62.6. The second-order valence-corrected chi connectivity index (χ2v) is 29.8. The van der Waals surface area contributed by atoms with E-state index in [0.717, 1.165) is 16.7 Å². The predicted octanol–water partition coefficient (Wildman–Crippen LogP) is 3.43. The van der Waals surface area contributed by atoms with E-state index in [1.807, 2.05) is 47.6 Å². The molecule has 0 radical (unpaired) electrons. The topological polar surface area (TPSA) is 300 Å². The fraction of sp³-hybridized carbons (Fsp3) is 0.812. The summed E-state index contributed by atoms with van der Waals surface area (Å²) in [6.45, 7) is 32.6. The number of hydrogen-bond acceptors (Lipinski definition) is 16. The zero-order chi connectivity index (χ0) is 73.5. The van der Waals surface area contributed by atoms with E-state index in [0.29, 0.717) is 51.4 Å². The van der Waals surface area contributed by atoms with Gasteiger partial charge in [0.1, 0.15) is 60.4 Å². The Morgan fingerprint density at radius 1 is 0.531 bits per heavy atom. The summed E-state index contributed by atoms with van der Waals surface area (Å²) >= 11 is 1.16. The van der Waals surface area contributed by atoms with E-state index in [4.69, 9.17) is 9.47 Å². The summed E-state index contributed by atoms with van der Waals surface area (Å²) in [6.07, 6.45) is 2.92. The molecule has 0 aromatic rings. The Morgan fingerprint density at radius 2 is 1.01 bits per heavy atom. The molecule has 26 nitrogen and oxygen atoms in total. The van der Waals surface area contributed by atoms with Gasteiger partial charge in [-0.25, -0.2) is 0 Å². The lowest BCUT2D eigenvalue weighted by atomic mass is 9.91. The van der Waals surface area contributed by atoms with E-state index in [9.17, 15) is 29.1 Å². The van der Waals surface area contributed by atoms with Crippen LogP contribution in [0.3, 0.4) is 0 Å². The number of ether oxygens (including phenoxy) is 2. The molecule has 0 aromatic carbocycles. The summed E-state index contributed by atoms with van der Waals surface area (Å²) < 4.78 is 11.6. The van der Waals surface area contributed by atoms with Crippen LogP contribution in [0, 0.1) is 35.5 Å². The number of allylic oxidation sites excluding steroid dienone is 2. The van der Waals surface area contributed by atoms with Crippen molar-refractivity contribution in [2.45, 2.75) is 234 Å². The van der Waals surface area contributed by atoms with Gasteiger partial charge in [-0.05, 0) is 121 Å². The molecular formula is C69H124N12O14S. The van der Waals surface area contributed by atoms with Gasteiger partial charge in [-0.3, -0.25) is 57.6 Å². The number of carbonyl (C=O) groups is 11. The third-order valence-electron chi connectivity index (χ3n) is 18.1. The molecule has 0 spiro atoms. The number of morpholine rings is 1. The molecule has 96 heavy (non-hydrogen) atoms. The molecular weight excluding hydrogens is 1250 g/mol. The number of nitrogens with one attached hydrogen (secondary N) is 4. The lowest BCUT2D eigenvalue weighted by Crippen LogP contribution is -2.64. The molecule has 2 heterocycles. The normalized spacial score (nSPS) is 27.1. The first-order valence-electron chi connectivity index (χ1n) is 34.6. The fourth-order valence-corrected chi connectivity index (χ4v) is 13.1. The highest BCUT2D eigenvalue weighted by Crippen LogP contribution is 2.27. The van der Waals surface area contributed by atoms with Crippen molar-refractivity contribution in [3.8, 4) is 0 Å². The molecule has 5 N–H and O–H groups in total. The molecule has 2 fully saturated rings. The number of carbonyl (C=O) groups excluding carboxylic acids is 11. The van der Waals surface area contributed by atoms with Gasteiger partial charge < -0.3 is 70.1 Å². The lowest BCUT2D eigenvalue weighted by Gasteiger charge is -2.41. The number of likely N-dealkylation sites (N-methyl/N-ethyl adjacent to an activating group) is 7. The number of nitrogens with zero attached hydrogens (tertiary/aromatic N) is 8. The third kappa shape index (κ3) is 24.8. The quantitative estimate of drug-likeness (QED) is 0.0812. The minimum Gasteiger partial charge on any atom is -0.390 e. The Balaban J connectivity index is 3.11. The van der Waals surface area contributed by atoms with Crippen molar-refractivity contribution in [1.29, 1.82) is 0 Å². The van der Waals surface area contributed by atoms with Gasteiger partial charge in [0.15, 0.2) is 5.37 Å². The smallest absolute Gasteiger partial charge is 0.256 e. The van der Waals surface area contributed by atoms with Gasteiger partial charge in [-0.1, -0.05) is 95.2 Å². The van der Waals surface area contributed by atoms with Crippen LogP contribution in [-0.2, 0) is 62.2 Å². The molecule has 2 saturated heterocycles. The van der Waals surface area contributed by atoms with Crippen LogP contribution < -0.4 is 21.3 Å². The molecule has 2 aliphatic heterocycles. The van der Waals surface area contributed by atoms with Gasteiger partial charge in [0.25, 0.3) is 5.91 Å². The number of thioether (sulfide) groups is 1. The van der Waals surface area contributed by atoms with E-state index < -0.39 is 161 Å². The summed E-state index contributed by atoms with van der Waals surface area (Å²) in [5, 5.41) is 22.1. The van der Waals surface area contributed by atoms with Gasteiger partial charge in [0.05, 0.1) is 32.0 Å². The Morgan fingerprint density at radius 3 is 1.51 bits per heavy atom. The monoisotopic (exact) mass is 1380 g/mol. The molecule has 0 aromatic heterocycles. The van der Waals surface area contributed by atoms with Crippen LogP contribution >= 0.6 is 11.8 Å². The van der Waals surface area contributed by atoms with Gasteiger partial charge in [-0.15, -0.1) is 11.8 Å². The Labute approximate surface area is 578 Å². The lowest BCUT2D eigenvalue weighted by molar-refractivity contribution is -0.157. The van der Waals surface area contributed by atoms with E-state index in [1.54, 1.807) is 68.4 Å². The number of amides is 11. The minimum atomic E-state index is -1.65. The molecule has 2 aliphatic rings. The number of hydrogen-bond donors (Lipinski definition) is 5. The Kier molecular flexibility index (Phi) is 36.7. The van der Waals surface area contributed by atoms with Crippen LogP contribution in [-0.4, -0.2) is 282 Å². The average molecular weight is 1380 g/mol. The van der Waals surface area contributed by atoms with Crippen LogP contribution in [0.25, 0.3) is 0 Å². The SMILES string of the molecule is C/C=C/C[C@@H](C)[C@@H](O)[C@H]1C(=O)N[C@@H](CC)C(=O)N(C)[C@H](SCCCN2CCOCC2)C(=O)N(C)[C@@H](COC(C)C)C(=O)N[C@@H](C(C)C)C(=O)N(C)[C@@H](CC(C)C)C(=O)N[C@@H](C)C(=O)N[C@H](C)C(=O)N(C)[C@@H](CC(C)C)C(=O)N(C)[C@@H](CC(C)C)C(=O)N(C)[C@@H](C(C)C)C(=O)N1C. The summed E-state index contributed by atoms with van der Waals surface area (Å²) in [4.78, 5) is 175. The standard InChI is InChI=1S/C69H124N12O14S/c1-25-27-29-46(15)57(82)56-61(86)72-49(26-2)63(88)80(24)69(96-35-28-30-81-31-33-94-34-32-81)68(93)77(21)53(39-95-45(13)14)60(85)73-54(43(9)10)66(91)74(18)50(36-40(3)4)59(84)70-47(16)58(83)71-48(17)62(87)75(19)51(37-41(5)6)64(89)76(20)52(38-42(7)8)65(90)78(22)55(44(11)12)67(92)79(56)23/h25,27,40-57,69,82H,26,28-39H2,1-24H3,(H,70,84)(H,71,83)(H,72,86)(H,73,85)/b27-25+/t46-,47+,48-,49+,50+,51+,52+,53+,54+,55+,56+,57-,69-/m1/s1. The first kappa shape index (κ1) is 86.2.